The lowest BCUT2D eigenvalue weighted by Crippen LogP contribution is -2.37. The molecule has 0 bridgehead atoms. The van der Waals surface area contributed by atoms with E-state index in [9.17, 15) is 0 Å². The summed E-state index contributed by atoms with van der Waals surface area (Å²) < 4.78 is 0. The molecule has 76 valence electrons. The van der Waals surface area contributed by atoms with Crippen molar-refractivity contribution < 1.29 is 0 Å². The van der Waals surface area contributed by atoms with Gasteiger partial charge in [-0.05, 0) is 18.4 Å². The van der Waals surface area contributed by atoms with E-state index in [1.807, 2.05) is 0 Å². The summed E-state index contributed by atoms with van der Waals surface area (Å²) >= 11 is 0. The Morgan fingerprint density at radius 2 is 1.54 bits per heavy atom. The van der Waals surface area contributed by atoms with Crippen molar-refractivity contribution in [2.24, 2.45) is 5.73 Å². The van der Waals surface area contributed by atoms with Crippen LogP contribution >= 0.6 is 0 Å². The van der Waals surface area contributed by atoms with Crippen LogP contribution in [0.3, 0.4) is 0 Å². The van der Waals surface area contributed by atoms with Gasteiger partial charge in [0.1, 0.15) is 0 Å². The van der Waals surface area contributed by atoms with Gasteiger partial charge in [0.15, 0.2) is 0 Å². The summed E-state index contributed by atoms with van der Waals surface area (Å²) in [5.41, 5.74) is 7.09. The van der Waals surface area contributed by atoms with E-state index in [1.54, 1.807) is 12.1 Å². The molecular formula is C11H23NSi. The van der Waals surface area contributed by atoms with E-state index in [0.717, 1.165) is 5.54 Å². The predicted molar refractivity (Wildman–Crippen MR) is 60.7 cm³/mol. The predicted octanol–water partition coefficient (Wildman–Crippen LogP) is 3.13. The number of nitrogens with two attached hydrogens (primary N) is 1. The molecule has 0 unspecified atom stereocenters. The van der Waals surface area contributed by atoms with Crippen molar-refractivity contribution in [3.05, 3.63) is 0 Å². The highest BCUT2D eigenvalue weighted by atomic mass is 28.3. The van der Waals surface area contributed by atoms with Crippen LogP contribution in [0.5, 0.6) is 0 Å². The third kappa shape index (κ3) is 1.99. The van der Waals surface area contributed by atoms with E-state index >= 15 is 0 Å². The van der Waals surface area contributed by atoms with E-state index in [4.69, 9.17) is 5.73 Å². The molecule has 0 amide bonds. The van der Waals surface area contributed by atoms with Crippen LogP contribution < -0.4 is 5.73 Å². The largest absolute Gasteiger partial charge is 0.328 e. The lowest BCUT2D eigenvalue weighted by atomic mass is 9.96. The molecule has 0 aromatic rings. The molecular weight excluding hydrogens is 174 g/mol. The Morgan fingerprint density at radius 1 is 1.00 bits per heavy atom. The van der Waals surface area contributed by atoms with E-state index in [1.165, 1.54) is 38.5 Å². The molecule has 1 aliphatic carbocycles. The van der Waals surface area contributed by atoms with Gasteiger partial charge in [0.05, 0.1) is 8.07 Å². The first-order chi connectivity index (χ1) is 6.21. The normalized spacial score (nSPS) is 39.2. The molecule has 1 nitrogen and oxygen atoms in total. The van der Waals surface area contributed by atoms with Crippen LogP contribution in [0.4, 0.5) is 0 Å². The van der Waals surface area contributed by atoms with Crippen LogP contribution in [-0.2, 0) is 0 Å². The van der Waals surface area contributed by atoms with Crippen LogP contribution in [0.15, 0.2) is 0 Å². The second-order valence-electron chi connectivity index (χ2n) is 5.47. The minimum Gasteiger partial charge on any atom is -0.328 e. The minimum absolute atomic E-state index is 0.537. The SMILES string of the molecule is C[Si]1(C2CCC(N)CC2)CCCC1. The van der Waals surface area contributed by atoms with Crippen molar-refractivity contribution in [3.63, 3.8) is 0 Å². The first kappa shape index (κ1) is 9.72. The van der Waals surface area contributed by atoms with Gasteiger partial charge < -0.3 is 5.73 Å². The van der Waals surface area contributed by atoms with Crippen LogP contribution in [-0.4, -0.2) is 14.1 Å². The molecule has 0 aromatic carbocycles. The van der Waals surface area contributed by atoms with Crippen molar-refractivity contribution >= 4 is 8.07 Å². The molecule has 13 heavy (non-hydrogen) atoms. The standard InChI is InChI=1S/C11H23NSi/c1-13(8-2-3-9-13)11-6-4-10(12)5-7-11/h10-11H,2-9,12H2,1H3. The zero-order chi connectivity index (χ0) is 9.31. The highest BCUT2D eigenvalue weighted by molar-refractivity contribution is 6.80. The average molecular weight is 197 g/mol. The lowest BCUT2D eigenvalue weighted by Gasteiger charge is -2.37. The van der Waals surface area contributed by atoms with Gasteiger partial charge in [-0.25, -0.2) is 0 Å². The highest BCUT2D eigenvalue weighted by Gasteiger charge is 2.39. The van der Waals surface area contributed by atoms with E-state index < -0.39 is 8.07 Å². The first-order valence-electron chi connectivity index (χ1n) is 5.96. The molecule has 2 fully saturated rings. The molecule has 0 aromatic heterocycles. The van der Waals surface area contributed by atoms with Gasteiger partial charge >= 0.3 is 0 Å². The summed E-state index contributed by atoms with van der Waals surface area (Å²) in [6.45, 7) is 2.65. The monoisotopic (exact) mass is 197 g/mol. The maximum atomic E-state index is 5.95. The molecule has 1 saturated carbocycles. The molecule has 1 heterocycles. The van der Waals surface area contributed by atoms with Crippen molar-refractivity contribution in [1.29, 1.82) is 0 Å². The summed E-state index contributed by atoms with van der Waals surface area (Å²) in [6.07, 6.45) is 8.62. The second kappa shape index (κ2) is 3.74. The molecule has 2 heteroatoms. The van der Waals surface area contributed by atoms with Gasteiger partial charge in [-0.2, -0.15) is 0 Å². The Morgan fingerprint density at radius 3 is 2.08 bits per heavy atom. The van der Waals surface area contributed by atoms with Gasteiger partial charge in [0.25, 0.3) is 0 Å². The summed E-state index contributed by atoms with van der Waals surface area (Å²) in [7, 11) is -0.771. The topological polar surface area (TPSA) is 26.0 Å². The van der Waals surface area contributed by atoms with E-state index in [-0.39, 0.29) is 0 Å². The van der Waals surface area contributed by atoms with Crippen molar-refractivity contribution in [1.82, 2.24) is 0 Å². The molecule has 0 atom stereocenters. The summed E-state index contributed by atoms with van der Waals surface area (Å²) in [4.78, 5) is 0. The third-order valence-electron chi connectivity index (χ3n) is 4.50. The second-order valence-corrected chi connectivity index (χ2v) is 10.6. The van der Waals surface area contributed by atoms with E-state index in [0.29, 0.717) is 6.04 Å². The molecule has 2 aliphatic rings. The van der Waals surface area contributed by atoms with Crippen LogP contribution in [0.1, 0.15) is 38.5 Å². The summed E-state index contributed by atoms with van der Waals surface area (Å²) in [5.74, 6) is 0. The molecule has 0 spiro atoms. The Hall–Kier alpha value is 0.177. The van der Waals surface area contributed by atoms with Crippen molar-refractivity contribution in [2.75, 3.05) is 0 Å². The van der Waals surface area contributed by atoms with Gasteiger partial charge in [-0.15, -0.1) is 0 Å². The zero-order valence-corrected chi connectivity index (χ0v) is 9.89. The van der Waals surface area contributed by atoms with Crippen molar-refractivity contribution in [3.8, 4) is 0 Å². The maximum Gasteiger partial charge on any atom is 0.0535 e. The fourth-order valence-corrected chi connectivity index (χ4v) is 8.32. The molecule has 1 aliphatic heterocycles. The quantitative estimate of drug-likeness (QED) is 0.642. The first-order valence-corrected chi connectivity index (χ1v) is 8.95. The fourth-order valence-electron chi connectivity index (χ4n) is 3.41. The zero-order valence-electron chi connectivity index (χ0n) is 8.89. The van der Waals surface area contributed by atoms with Gasteiger partial charge in [-0.1, -0.05) is 44.3 Å². The Labute approximate surface area is 83.1 Å². The van der Waals surface area contributed by atoms with Crippen LogP contribution in [0.2, 0.25) is 24.2 Å². The third-order valence-corrected chi connectivity index (χ3v) is 10.0. The van der Waals surface area contributed by atoms with Crippen LogP contribution in [0, 0.1) is 0 Å². The molecule has 1 saturated heterocycles. The highest BCUT2D eigenvalue weighted by Crippen LogP contribution is 2.45. The average Bonchev–Trinajstić information content (AvgIpc) is 2.54. The lowest BCUT2D eigenvalue weighted by molar-refractivity contribution is 0.432. The van der Waals surface area contributed by atoms with Crippen molar-refractivity contribution in [2.45, 2.75) is 68.7 Å². The Kier molecular flexibility index (Phi) is 2.79. The molecule has 2 N–H and O–H groups in total. The smallest absolute Gasteiger partial charge is 0.0535 e. The van der Waals surface area contributed by atoms with Gasteiger partial charge in [-0.3, -0.25) is 0 Å². The number of rotatable bonds is 1. The van der Waals surface area contributed by atoms with Gasteiger partial charge in [0, 0.05) is 6.04 Å². The summed E-state index contributed by atoms with van der Waals surface area (Å²) in [5, 5.41) is 0. The Bertz CT molecular complexity index is 167. The fraction of sp³-hybridized carbons (Fsp3) is 1.00. The van der Waals surface area contributed by atoms with E-state index in [2.05, 4.69) is 6.55 Å². The number of hydrogen-bond donors (Lipinski definition) is 1. The van der Waals surface area contributed by atoms with Crippen LogP contribution in [0.25, 0.3) is 0 Å². The molecule has 0 radical (unpaired) electrons. The molecule has 2 rings (SSSR count). The van der Waals surface area contributed by atoms with Gasteiger partial charge in [0.2, 0.25) is 0 Å². The minimum atomic E-state index is -0.771. The Balaban J connectivity index is 1.93. The summed E-state index contributed by atoms with van der Waals surface area (Å²) in [6, 6.07) is 3.77. The number of hydrogen-bond acceptors (Lipinski definition) is 1. The maximum absolute atomic E-state index is 5.95.